The molecular formula is C12H22N2O3. The monoisotopic (exact) mass is 242 g/mol. The largest absolute Gasteiger partial charge is 0.480 e. The second kappa shape index (κ2) is 5.38. The third kappa shape index (κ3) is 3.61. The van der Waals surface area contributed by atoms with Gasteiger partial charge in [0.25, 0.3) is 0 Å². The lowest BCUT2D eigenvalue weighted by Gasteiger charge is -2.27. The van der Waals surface area contributed by atoms with E-state index in [9.17, 15) is 9.59 Å². The van der Waals surface area contributed by atoms with Crippen LogP contribution in [0, 0.1) is 5.41 Å². The lowest BCUT2D eigenvalue weighted by Crippen LogP contribution is -2.48. The first-order valence-corrected chi connectivity index (χ1v) is 6.14. The van der Waals surface area contributed by atoms with E-state index in [2.05, 4.69) is 26.1 Å². The summed E-state index contributed by atoms with van der Waals surface area (Å²) < 4.78 is 0. The molecule has 1 atom stereocenters. The average molecular weight is 242 g/mol. The van der Waals surface area contributed by atoms with Gasteiger partial charge < -0.3 is 15.3 Å². The summed E-state index contributed by atoms with van der Waals surface area (Å²) >= 11 is 0. The normalized spacial score (nSPS) is 20.4. The lowest BCUT2D eigenvalue weighted by atomic mass is 9.90. The molecule has 1 aliphatic rings. The number of urea groups is 1. The van der Waals surface area contributed by atoms with Crippen molar-refractivity contribution in [3.8, 4) is 0 Å². The number of carboxylic acid groups (broad SMARTS) is 1. The van der Waals surface area contributed by atoms with Crippen molar-refractivity contribution in [1.29, 1.82) is 0 Å². The molecule has 0 aromatic rings. The number of carbonyl (C=O) groups is 2. The summed E-state index contributed by atoms with van der Waals surface area (Å²) in [6.07, 6.45) is 2.29. The van der Waals surface area contributed by atoms with E-state index in [0.717, 1.165) is 12.8 Å². The van der Waals surface area contributed by atoms with Crippen LogP contribution in [-0.2, 0) is 4.79 Å². The topological polar surface area (TPSA) is 69.6 Å². The number of hydrogen-bond acceptors (Lipinski definition) is 2. The van der Waals surface area contributed by atoms with Crippen LogP contribution in [0.25, 0.3) is 0 Å². The Hall–Kier alpha value is -1.26. The van der Waals surface area contributed by atoms with Gasteiger partial charge in [-0.1, -0.05) is 20.8 Å². The highest BCUT2D eigenvalue weighted by Crippen LogP contribution is 2.20. The Bertz CT molecular complexity index is 302. The number of nitrogens with one attached hydrogen (secondary N) is 1. The van der Waals surface area contributed by atoms with E-state index in [1.165, 1.54) is 4.90 Å². The Morgan fingerprint density at radius 3 is 2.65 bits per heavy atom. The van der Waals surface area contributed by atoms with E-state index in [1.807, 2.05) is 0 Å². The minimum absolute atomic E-state index is 0.0497. The molecule has 0 saturated carbocycles. The number of rotatable bonds is 4. The molecule has 98 valence electrons. The zero-order chi connectivity index (χ0) is 13.1. The fourth-order valence-electron chi connectivity index (χ4n) is 1.81. The van der Waals surface area contributed by atoms with Crippen LogP contribution in [0.4, 0.5) is 4.79 Å². The van der Waals surface area contributed by atoms with Crippen molar-refractivity contribution in [2.45, 2.75) is 46.1 Å². The highest BCUT2D eigenvalue weighted by Gasteiger charge is 2.34. The van der Waals surface area contributed by atoms with Crippen molar-refractivity contribution < 1.29 is 14.7 Å². The molecule has 1 aliphatic heterocycles. The maximum atomic E-state index is 11.9. The second-order valence-corrected chi connectivity index (χ2v) is 5.37. The molecule has 5 heteroatoms. The number of nitrogens with zero attached hydrogens (tertiary/aromatic N) is 1. The molecule has 0 radical (unpaired) electrons. The van der Waals surface area contributed by atoms with Gasteiger partial charge in [0, 0.05) is 13.1 Å². The zero-order valence-corrected chi connectivity index (χ0v) is 10.8. The van der Waals surface area contributed by atoms with E-state index in [0.29, 0.717) is 19.5 Å². The van der Waals surface area contributed by atoms with Gasteiger partial charge in [-0.15, -0.1) is 0 Å². The molecule has 1 saturated heterocycles. The van der Waals surface area contributed by atoms with Gasteiger partial charge in [-0.25, -0.2) is 9.59 Å². The lowest BCUT2D eigenvalue weighted by molar-refractivity contribution is -0.141. The Kier molecular flexibility index (Phi) is 4.37. The van der Waals surface area contributed by atoms with Crippen molar-refractivity contribution in [2.75, 3.05) is 13.1 Å². The fourth-order valence-corrected chi connectivity index (χ4v) is 1.81. The summed E-state index contributed by atoms with van der Waals surface area (Å²) in [4.78, 5) is 24.3. The van der Waals surface area contributed by atoms with E-state index < -0.39 is 12.0 Å². The van der Waals surface area contributed by atoms with Crippen LogP contribution in [0.15, 0.2) is 0 Å². The van der Waals surface area contributed by atoms with Crippen molar-refractivity contribution in [3.05, 3.63) is 0 Å². The number of carbonyl (C=O) groups excluding carboxylic acids is 1. The maximum Gasteiger partial charge on any atom is 0.326 e. The molecule has 0 aromatic carbocycles. The average Bonchev–Trinajstić information content (AvgIpc) is 2.75. The summed E-state index contributed by atoms with van der Waals surface area (Å²) in [5.74, 6) is -0.910. The molecule has 0 aliphatic carbocycles. The minimum atomic E-state index is -0.910. The van der Waals surface area contributed by atoms with Gasteiger partial charge in [0.2, 0.25) is 0 Å². The molecule has 0 bridgehead atoms. The molecule has 0 unspecified atom stereocenters. The molecular weight excluding hydrogens is 220 g/mol. The van der Waals surface area contributed by atoms with Crippen molar-refractivity contribution in [3.63, 3.8) is 0 Å². The Morgan fingerprint density at radius 2 is 2.12 bits per heavy atom. The second-order valence-electron chi connectivity index (χ2n) is 5.37. The number of likely N-dealkylation sites (tertiary alicyclic amines) is 1. The minimum Gasteiger partial charge on any atom is -0.480 e. The third-order valence-electron chi connectivity index (χ3n) is 3.47. The van der Waals surface area contributed by atoms with E-state index in [4.69, 9.17) is 5.11 Å². The summed E-state index contributed by atoms with van der Waals surface area (Å²) in [5, 5.41) is 11.8. The highest BCUT2D eigenvalue weighted by atomic mass is 16.4. The quantitative estimate of drug-likeness (QED) is 0.788. The van der Waals surface area contributed by atoms with E-state index >= 15 is 0 Å². The standard InChI is InChI=1S/C12H22N2O3/c1-4-12(2,3)8-13-11(17)14-7-5-6-9(14)10(15)16/h9H,4-8H2,1-3H3,(H,13,17)(H,15,16)/t9-/m1/s1. The number of hydrogen-bond donors (Lipinski definition) is 2. The first-order valence-electron chi connectivity index (χ1n) is 6.14. The first-order chi connectivity index (χ1) is 7.87. The van der Waals surface area contributed by atoms with E-state index in [-0.39, 0.29) is 11.4 Å². The van der Waals surface area contributed by atoms with Crippen LogP contribution in [-0.4, -0.2) is 41.1 Å². The smallest absolute Gasteiger partial charge is 0.326 e. The van der Waals surface area contributed by atoms with Gasteiger partial charge in [0.05, 0.1) is 0 Å². The van der Waals surface area contributed by atoms with Crippen LogP contribution in [0.5, 0.6) is 0 Å². The number of carboxylic acids is 1. The SMILES string of the molecule is CCC(C)(C)CNC(=O)N1CCC[C@@H]1C(=O)O. The third-order valence-corrected chi connectivity index (χ3v) is 3.47. The van der Waals surface area contributed by atoms with Gasteiger partial charge in [-0.05, 0) is 24.7 Å². The molecule has 0 aromatic heterocycles. The number of amides is 2. The van der Waals surface area contributed by atoms with E-state index in [1.54, 1.807) is 0 Å². The first kappa shape index (κ1) is 13.8. The van der Waals surface area contributed by atoms with Crippen molar-refractivity contribution in [2.24, 2.45) is 5.41 Å². The van der Waals surface area contributed by atoms with Gasteiger partial charge in [-0.3, -0.25) is 0 Å². The molecule has 1 heterocycles. The predicted molar refractivity (Wildman–Crippen MR) is 64.8 cm³/mol. The van der Waals surface area contributed by atoms with Gasteiger partial charge in [0.1, 0.15) is 6.04 Å². The predicted octanol–water partition coefficient (Wildman–Crippen LogP) is 1.68. The molecule has 0 spiro atoms. The Morgan fingerprint density at radius 1 is 1.47 bits per heavy atom. The molecule has 1 fully saturated rings. The van der Waals surface area contributed by atoms with Gasteiger partial charge in [0.15, 0.2) is 0 Å². The van der Waals surface area contributed by atoms with Crippen LogP contribution >= 0.6 is 0 Å². The van der Waals surface area contributed by atoms with Crippen LogP contribution in [0.2, 0.25) is 0 Å². The zero-order valence-electron chi connectivity index (χ0n) is 10.8. The maximum absolute atomic E-state index is 11.9. The summed E-state index contributed by atoms with van der Waals surface area (Å²) in [5.41, 5.74) is 0.0497. The highest BCUT2D eigenvalue weighted by molar-refractivity contribution is 5.83. The van der Waals surface area contributed by atoms with Gasteiger partial charge >= 0.3 is 12.0 Å². The number of aliphatic carboxylic acids is 1. The summed E-state index contributed by atoms with van der Waals surface area (Å²) in [6, 6.07) is -0.906. The van der Waals surface area contributed by atoms with Crippen molar-refractivity contribution in [1.82, 2.24) is 10.2 Å². The van der Waals surface area contributed by atoms with Crippen LogP contribution in [0.3, 0.4) is 0 Å². The van der Waals surface area contributed by atoms with Crippen LogP contribution in [0.1, 0.15) is 40.0 Å². The molecule has 5 nitrogen and oxygen atoms in total. The van der Waals surface area contributed by atoms with Gasteiger partial charge in [-0.2, -0.15) is 0 Å². The Balaban J connectivity index is 2.50. The Labute approximate surface area is 102 Å². The van der Waals surface area contributed by atoms with Crippen molar-refractivity contribution >= 4 is 12.0 Å². The summed E-state index contributed by atoms with van der Waals surface area (Å²) in [6.45, 7) is 7.33. The fraction of sp³-hybridized carbons (Fsp3) is 0.833. The molecule has 1 rings (SSSR count). The van der Waals surface area contributed by atoms with Crippen LogP contribution < -0.4 is 5.32 Å². The molecule has 17 heavy (non-hydrogen) atoms. The molecule has 2 N–H and O–H groups in total. The molecule has 2 amide bonds. The summed E-state index contributed by atoms with van der Waals surface area (Å²) in [7, 11) is 0.